The van der Waals surface area contributed by atoms with E-state index < -0.39 is 7.26 Å². The normalized spacial score (nSPS) is 12.3. The zero-order valence-corrected chi connectivity index (χ0v) is 18.0. The minimum absolute atomic E-state index is 0. The van der Waals surface area contributed by atoms with Gasteiger partial charge in [0.25, 0.3) is 5.91 Å². The van der Waals surface area contributed by atoms with Crippen molar-refractivity contribution in [1.82, 2.24) is 0 Å². The summed E-state index contributed by atoms with van der Waals surface area (Å²) in [5, 5.41) is 3.12. The Labute approximate surface area is 154 Å². The van der Waals surface area contributed by atoms with E-state index in [2.05, 4.69) is 32.2 Å². The number of benzene rings is 1. The molecule has 3 nitrogen and oxygen atoms in total. The largest absolute Gasteiger partial charge is 0.497 e. The molecule has 1 amide bonds. The first-order valence-corrected chi connectivity index (χ1v) is 10.2. The molecule has 1 aromatic carbocycles. The van der Waals surface area contributed by atoms with Gasteiger partial charge in [-0.2, -0.15) is 0 Å². The van der Waals surface area contributed by atoms with Crippen LogP contribution in [0.4, 0.5) is 5.69 Å². The number of amides is 1. The zero-order valence-electron chi connectivity index (χ0n) is 14.3. The minimum Gasteiger partial charge on any atom is -0.497 e. The molecule has 0 bridgehead atoms. The molecular formula is C16H27NO2PY+. The maximum atomic E-state index is 12.5. The van der Waals surface area contributed by atoms with Crippen LogP contribution in [0.3, 0.4) is 0 Å². The van der Waals surface area contributed by atoms with Gasteiger partial charge in [-0.3, -0.25) is 4.79 Å². The van der Waals surface area contributed by atoms with Crippen LogP contribution in [0.15, 0.2) is 12.1 Å². The number of carbonyl (C=O) groups is 1. The molecule has 0 spiro atoms. The van der Waals surface area contributed by atoms with Gasteiger partial charge in [-0.05, 0) is 43.5 Å². The molecule has 0 saturated carbocycles. The molecule has 1 radical (unpaired) electrons. The van der Waals surface area contributed by atoms with Crippen LogP contribution in [0.5, 0.6) is 5.75 Å². The third kappa shape index (κ3) is 5.62. The summed E-state index contributed by atoms with van der Waals surface area (Å²) < 4.78 is 5.25. The van der Waals surface area contributed by atoms with Crippen molar-refractivity contribution in [2.75, 3.05) is 32.4 Å². The molecule has 0 aliphatic heterocycles. The van der Waals surface area contributed by atoms with Gasteiger partial charge >= 0.3 is 0 Å². The fraction of sp³-hybridized carbons (Fsp3) is 0.562. The van der Waals surface area contributed by atoms with Crippen molar-refractivity contribution < 1.29 is 42.2 Å². The van der Waals surface area contributed by atoms with E-state index in [4.69, 9.17) is 4.74 Å². The quantitative estimate of drug-likeness (QED) is 0.780. The third-order valence-electron chi connectivity index (χ3n) is 3.61. The Bertz CT molecular complexity index is 475. The maximum absolute atomic E-state index is 12.5. The van der Waals surface area contributed by atoms with E-state index in [-0.39, 0.29) is 44.3 Å². The van der Waals surface area contributed by atoms with Crippen molar-refractivity contribution in [3.8, 4) is 5.75 Å². The molecule has 21 heavy (non-hydrogen) atoms. The Hall–Kier alpha value is 0.0239. The van der Waals surface area contributed by atoms with Crippen LogP contribution in [-0.2, 0) is 37.5 Å². The topological polar surface area (TPSA) is 38.3 Å². The molecule has 1 unspecified atom stereocenters. The Morgan fingerprint density at radius 2 is 1.71 bits per heavy atom. The number of hydrogen-bond acceptors (Lipinski definition) is 2. The molecule has 0 fully saturated rings. The fourth-order valence-electron chi connectivity index (χ4n) is 2.53. The van der Waals surface area contributed by atoms with Crippen LogP contribution in [-0.4, -0.2) is 38.7 Å². The SMILES string of the molecule is CCC(C(=O)Nc1c(C)cc(OC)cc1C)[P+](C)(C)C.[Y]. The summed E-state index contributed by atoms with van der Waals surface area (Å²) >= 11 is 0. The van der Waals surface area contributed by atoms with Crippen molar-refractivity contribution in [1.29, 1.82) is 0 Å². The van der Waals surface area contributed by atoms with Crippen LogP contribution in [0.2, 0.25) is 0 Å². The van der Waals surface area contributed by atoms with Crippen molar-refractivity contribution in [2.24, 2.45) is 0 Å². The summed E-state index contributed by atoms with van der Waals surface area (Å²) in [7, 11) is 0.455. The molecule has 0 saturated heterocycles. The first-order chi connectivity index (χ1) is 9.20. The molecule has 115 valence electrons. The van der Waals surface area contributed by atoms with E-state index in [1.807, 2.05) is 26.0 Å². The molecular weight excluding hydrogens is 358 g/mol. The number of aryl methyl sites for hydroxylation is 2. The maximum Gasteiger partial charge on any atom is 0.264 e. The summed E-state index contributed by atoms with van der Waals surface area (Å²) in [6.45, 7) is 12.7. The number of methoxy groups -OCH3 is 1. The summed E-state index contributed by atoms with van der Waals surface area (Å²) in [6.07, 6.45) is 0.886. The number of anilines is 1. The summed E-state index contributed by atoms with van der Waals surface area (Å²) in [4.78, 5) is 12.5. The molecule has 0 heterocycles. The van der Waals surface area contributed by atoms with Crippen LogP contribution in [0.25, 0.3) is 0 Å². The molecule has 0 aromatic heterocycles. The number of carbonyl (C=O) groups excluding carboxylic acids is 1. The van der Waals surface area contributed by atoms with E-state index >= 15 is 0 Å². The fourth-order valence-corrected chi connectivity index (χ4v) is 4.39. The smallest absolute Gasteiger partial charge is 0.264 e. The molecule has 5 heteroatoms. The van der Waals surface area contributed by atoms with Crippen molar-refractivity contribution >= 4 is 18.9 Å². The van der Waals surface area contributed by atoms with Gasteiger partial charge in [0.1, 0.15) is 11.4 Å². The second kappa shape index (κ2) is 8.60. The van der Waals surface area contributed by atoms with E-state index in [1.165, 1.54) is 0 Å². The first kappa shape index (κ1) is 21.0. The first-order valence-electron chi connectivity index (χ1n) is 6.98. The van der Waals surface area contributed by atoms with Gasteiger partial charge < -0.3 is 10.1 Å². The van der Waals surface area contributed by atoms with Crippen molar-refractivity contribution in [3.05, 3.63) is 23.3 Å². The van der Waals surface area contributed by atoms with Gasteiger partial charge in [0.15, 0.2) is 0 Å². The van der Waals surface area contributed by atoms with Gasteiger partial charge in [0.2, 0.25) is 0 Å². The summed E-state index contributed by atoms with van der Waals surface area (Å²) in [6, 6.07) is 3.91. The van der Waals surface area contributed by atoms with Gasteiger partial charge in [0.05, 0.1) is 7.11 Å². The molecule has 1 N–H and O–H groups in total. The van der Waals surface area contributed by atoms with Gasteiger partial charge in [-0.1, -0.05) is 6.92 Å². The molecule has 1 aromatic rings. The van der Waals surface area contributed by atoms with E-state index in [9.17, 15) is 4.79 Å². The standard InChI is InChI=1S/C16H26NO2P.Y/c1-8-14(20(5,6)7)16(18)17-15-11(2)9-13(19-4)10-12(15)3;/h9-10,14H,8H2,1-7H3;/p+1. The minimum atomic E-state index is -1.20. The van der Waals surface area contributed by atoms with Crippen LogP contribution in [0.1, 0.15) is 24.5 Å². The van der Waals surface area contributed by atoms with Crippen molar-refractivity contribution in [2.45, 2.75) is 32.9 Å². The second-order valence-electron chi connectivity index (χ2n) is 6.17. The van der Waals surface area contributed by atoms with Crippen LogP contribution < -0.4 is 10.1 Å². The molecule has 0 aliphatic carbocycles. The number of rotatable bonds is 5. The van der Waals surface area contributed by atoms with Crippen LogP contribution in [0, 0.1) is 13.8 Å². The molecule has 1 rings (SSSR count). The Kier molecular flexibility index (Phi) is 8.61. The second-order valence-corrected chi connectivity index (χ2v) is 11.0. The number of ether oxygens (including phenoxy) is 1. The van der Waals surface area contributed by atoms with Gasteiger partial charge in [-0.25, -0.2) is 0 Å². The van der Waals surface area contributed by atoms with E-state index in [0.717, 1.165) is 29.0 Å². The van der Waals surface area contributed by atoms with E-state index in [0.29, 0.717) is 0 Å². The average Bonchev–Trinajstić information content (AvgIpc) is 2.32. The number of nitrogens with one attached hydrogen (secondary N) is 1. The van der Waals surface area contributed by atoms with Crippen molar-refractivity contribution in [3.63, 3.8) is 0 Å². The van der Waals surface area contributed by atoms with Crippen LogP contribution >= 0.6 is 7.26 Å². The number of hydrogen-bond donors (Lipinski definition) is 1. The Balaban J connectivity index is 0.00000400. The van der Waals surface area contributed by atoms with E-state index in [1.54, 1.807) is 7.11 Å². The monoisotopic (exact) mass is 385 g/mol. The third-order valence-corrected chi connectivity index (χ3v) is 6.08. The summed E-state index contributed by atoms with van der Waals surface area (Å²) in [5.41, 5.74) is 3.11. The van der Waals surface area contributed by atoms with Gasteiger partial charge in [0, 0.05) is 65.7 Å². The average molecular weight is 385 g/mol. The molecule has 0 aliphatic rings. The summed E-state index contributed by atoms with van der Waals surface area (Å²) in [5.74, 6) is 0.970. The Morgan fingerprint density at radius 1 is 1.24 bits per heavy atom. The molecule has 1 atom stereocenters. The predicted octanol–water partition coefficient (Wildman–Crippen LogP) is 3.93. The predicted molar refractivity (Wildman–Crippen MR) is 89.9 cm³/mol. The zero-order chi connectivity index (χ0) is 15.5. The Morgan fingerprint density at radius 3 is 2.05 bits per heavy atom. The van der Waals surface area contributed by atoms with Gasteiger partial charge in [-0.15, -0.1) is 0 Å².